The Bertz CT molecular complexity index is 308. The summed E-state index contributed by atoms with van der Waals surface area (Å²) in [6.45, 7) is 9.01. The van der Waals surface area contributed by atoms with E-state index >= 15 is 0 Å². The van der Waals surface area contributed by atoms with Gasteiger partial charge in [0.15, 0.2) is 0 Å². The zero-order valence-corrected chi connectivity index (χ0v) is 11.6. The highest BCUT2D eigenvalue weighted by atomic mass is 17.1. The van der Waals surface area contributed by atoms with Gasteiger partial charge in [-0.25, -0.2) is 4.89 Å². The van der Waals surface area contributed by atoms with Gasteiger partial charge in [-0.05, 0) is 61.9 Å². The molecule has 0 unspecified atom stereocenters. The van der Waals surface area contributed by atoms with Crippen molar-refractivity contribution in [2.75, 3.05) is 0 Å². The van der Waals surface area contributed by atoms with Crippen molar-refractivity contribution in [2.45, 2.75) is 59.0 Å². The Morgan fingerprint density at radius 1 is 1.47 bits per heavy atom. The number of hydrogen-bond acceptors (Lipinski definition) is 2. The van der Waals surface area contributed by atoms with Crippen molar-refractivity contribution in [3.05, 3.63) is 11.6 Å². The average molecular weight is 238 g/mol. The van der Waals surface area contributed by atoms with Gasteiger partial charge in [-0.3, -0.25) is 5.26 Å². The zero-order valence-electron chi connectivity index (χ0n) is 11.6. The van der Waals surface area contributed by atoms with Crippen LogP contribution in [0.3, 0.4) is 0 Å². The highest BCUT2D eigenvalue weighted by molar-refractivity contribution is 5.26. The van der Waals surface area contributed by atoms with Gasteiger partial charge < -0.3 is 0 Å². The lowest BCUT2D eigenvalue weighted by Crippen LogP contribution is -2.32. The van der Waals surface area contributed by atoms with Gasteiger partial charge in [0.1, 0.15) is 5.60 Å². The second kappa shape index (κ2) is 4.74. The molecular formula is C15H26O2. The summed E-state index contributed by atoms with van der Waals surface area (Å²) in [4.78, 5) is 4.88. The maximum Gasteiger partial charge on any atom is 0.122 e. The van der Waals surface area contributed by atoms with E-state index in [4.69, 9.17) is 4.89 Å². The second-order valence-corrected chi connectivity index (χ2v) is 6.58. The summed E-state index contributed by atoms with van der Waals surface area (Å²) in [5.74, 6) is 2.81. The fourth-order valence-electron chi connectivity index (χ4n) is 3.66. The highest BCUT2D eigenvalue weighted by Crippen LogP contribution is 2.49. The normalized spacial score (nSPS) is 42.2. The van der Waals surface area contributed by atoms with Gasteiger partial charge in [0, 0.05) is 0 Å². The van der Waals surface area contributed by atoms with Crippen LogP contribution in [0.5, 0.6) is 0 Å². The topological polar surface area (TPSA) is 29.5 Å². The Labute approximate surface area is 105 Å². The average Bonchev–Trinajstić information content (AvgIpc) is 2.57. The summed E-state index contributed by atoms with van der Waals surface area (Å²) in [6.07, 6.45) is 6.83. The molecule has 0 aromatic rings. The molecule has 2 aliphatic rings. The Morgan fingerprint density at radius 3 is 2.76 bits per heavy atom. The number of rotatable bonds is 2. The minimum atomic E-state index is -0.431. The van der Waals surface area contributed by atoms with E-state index in [1.165, 1.54) is 12.0 Å². The SMILES string of the molecule is CC(C)[C@@H]1CC[C@@](C)(OO)C2=CC[C@H](C)[C@@H]2C1. The second-order valence-electron chi connectivity index (χ2n) is 6.58. The smallest absolute Gasteiger partial charge is 0.122 e. The van der Waals surface area contributed by atoms with Gasteiger partial charge in [0.25, 0.3) is 0 Å². The molecule has 0 heterocycles. The van der Waals surface area contributed by atoms with Gasteiger partial charge in [-0.15, -0.1) is 0 Å². The summed E-state index contributed by atoms with van der Waals surface area (Å²) in [6, 6.07) is 0. The fraction of sp³-hybridized carbons (Fsp3) is 0.867. The van der Waals surface area contributed by atoms with E-state index in [2.05, 4.69) is 26.8 Å². The van der Waals surface area contributed by atoms with Crippen molar-refractivity contribution >= 4 is 0 Å². The van der Waals surface area contributed by atoms with Crippen LogP contribution in [0.15, 0.2) is 11.6 Å². The van der Waals surface area contributed by atoms with Crippen LogP contribution >= 0.6 is 0 Å². The third kappa shape index (κ3) is 2.30. The monoisotopic (exact) mass is 238 g/mol. The first-order valence-electron chi connectivity index (χ1n) is 7.01. The molecule has 2 aliphatic carbocycles. The summed E-state index contributed by atoms with van der Waals surface area (Å²) in [5, 5.41) is 9.29. The van der Waals surface area contributed by atoms with Gasteiger partial charge in [-0.1, -0.05) is 26.8 Å². The quantitative estimate of drug-likeness (QED) is 0.442. The van der Waals surface area contributed by atoms with E-state index < -0.39 is 5.60 Å². The molecule has 2 nitrogen and oxygen atoms in total. The van der Waals surface area contributed by atoms with Crippen LogP contribution in [0.2, 0.25) is 0 Å². The molecule has 1 N–H and O–H groups in total. The Morgan fingerprint density at radius 2 is 2.18 bits per heavy atom. The van der Waals surface area contributed by atoms with E-state index in [-0.39, 0.29) is 0 Å². The number of fused-ring (bicyclic) bond motifs is 1. The molecule has 1 fully saturated rings. The van der Waals surface area contributed by atoms with Crippen LogP contribution < -0.4 is 0 Å². The lowest BCUT2D eigenvalue weighted by molar-refractivity contribution is -0.308. The minimum Gasteiger partial charge on any atom is -0.251 e. The molecule has 0 radical (unpaired) electrons. The van der Waals surface area contributed by atoms with E-state index in [1.807, 2.05) is 6.92 Å². The summed E-state index contributed by atoms with van der Waals surface area (Å²) in [7, 11) is 0. The first-order valence-corrected chi connectivity index (χ1v) is 7.01. The Kier molecular flexibility index (Phi) is 3.65. The maximum absolute atomic E-state index is 9.29. The first-order chi connectivity index (χ1) is 7.98. The molecule has 0 bridgehead atoms. The predicted molar refractivity (Wildman–Crippen MR) is 69.7 cm³/mol. The zero-order chi connectivity index (χ0) is 12.6. The third-order valence-electron chi connectivity index (χ3n) is 5.10. The Hall–Kier alpha value is -0.340. The summed E-state index contributed by atoms with van der Waals surface area (Å²) < 4.78 is 0. The van der Waals surface area contributed by atoms with Gasteiger partial charge in [0.05, 0.1) is 0 Å². The van der Waals surface area contributed by atoms with Crippen LogP contribution in [0.4, 0.5) is 0 Å². The molecule has 4 atom stereocenters. The van der Waals surface area contributed by atoms with Crippen LogP contribution in [0, 0.1) is 23.7 Å². The molecule has 2 rings (SSSR count). The van der Waals surface area contributed by atoms with Crippen LogP contribution in [-0.2, 0) is 4.89 Å². The molecule has 0 aromatic carbocycles. The van der Waals surface area contributed by atoms with Crippen molar-refractivity contribution < 1.29 is 10.1 Å². The summed E-state index contributed by atoms with van der Waals surface area (Å²) in [5.41, 5.74) is 0.926. The van der Waals surface area contributed by atoms with Crippen LogP contribution in [0.25, 0.3) is 0 Å². The van der Waals surface area contributed by atoms with Gasteiger partial charge >= 0.3 is 0 Å². The molecule has 0 amide bonds. The van der Waals surface area contributed by atoms with Gasteiger partial charge in [0.2, 0.25) is 0 Å². The van der Waals surface area contributed by atoms with Crippen LogP contribution in [-0.4, -0.2) is 10.9 Å². The van der Waals surface area contributed by atoms with Crippen LogP contribution in [0.1, 0.15) is 53.4 Å². The van der Waals surface area contributed by atoms with E-state index in [9.17, 15) is 5.26 Å². The van der Waals surface area contributed by atoms with Crippen molar-refractivity contribution in [3.8, 4) is 0 Å². The standard InChI is InChI=1S/C15H26O2/c1-10(2)12-7-8-15(4,17-16)14-6-5-11(3)13(14)9-12/h6,10-13,16H,5,7-9H2,1-4H3/t11-,12+,13-,15+/m0/s1. The minimum absolute atomic E-state index is 0.431. The lowest BCUT2D eigenvalue weighted by Gasteiger charge is -2.30. The maximum atomic E-state index is 9.29. The molecular weight excluding hydrogens is 212 g/mol. The van der Waals surface area contributed by atoms with Gasteiger partial charge in [-0.2, -0.15) is 0 Å². The van der Waals surface area contributed by atoms with Crippen molar-refractivity contribution in [3.63, 3.8) is 0 Å². The molecule has 17 heavy (non-hydrogen) atoms. The molecule has 98 valence electrons. The lowest BCUT2D eigenvalue weighted by atomic mass is 9.79. The molecule has 0 saturated heterocycles. The van der Waals surface area contributed by atoms with E-state index in [0.29, 0.717) is 11.8 Å². The molecule has 1 saturated carbocycles. The fourth-order valence-corrected chi connectivity index (χ4v) is 3.66. The van der Waals surface area contributed by atoms with Crippen molar-refractivity contribution in [1.29, 1.82) is 0 Å². The summed E-state index contributed by atoms with van der Waals surface area (Å²) >= 11 is 0. The molecule has 0 aliphatic heterocycles. The predicted octanol–water partition coefficient (Wildman–Crippen LogP) is 4.27. The van der Waals surface area contributed by atoms with E-state index in [1.54, 1.807) is 0 Å². The number of hydrogen-bond donors (Lipinski definition) is 1. The number of allylic oxidation sites excluding steroid dienone is 1. The van der Waals surface area contributed by atoms with E-state index in [0.717, 1.165) is 31.1 Å². The first kappa shape index (κ1) is 13.1. The van der Waals surface area contributed by atoms with Crippen molar-refractivity contribution in [2.24, 2.45) is 23.7 Å². The Balaban J connectivity index is 2.26. The molecule has 0 spiro atoms. The molecule has 0 aromatic heterocycles. The largest absolute Gasteiger partial charge is 0.251 e. The molecule has 2 heteroatoms. The third-order valence-corrected chi connectivity index (χ3v) is 5.10. The van der Waals surface area contributed by atoms with Crippen molar-refractivity contribution in [1.82, 2.24) is 0 Å². The highest BCUT2D eigenvalue weighted by Gasteiger charge is 2.44.